The van der Waals surface area contributed by atoms with Crippen LogP contribution in [0.25, 0.3) is 0 Å². The third-order valence-electron chi connectivity index (χ3n) is 2.67. The molecule has 1 N–H and O–H groups in total. The highest BCUT2D eigenvalue weighted by atomic mass is 16.5. The molecule has 0 amide bonds. The molecule has 84 valence electrons. The molecule has 1 heterocycles. The minimum Gasteiger partial charge on any atom is -0.380 e. The van der Waals surface area contributed by atoms with E-state index in [-0.39, 0.29) is 0 Å². The second-order valence-electron chi connectivity index (χ2n) is 4.57. The summed E-state index contributed by atoms with van der Waals surface area (Å²) in [5, 5.41) is 3.34. The number of rotatable bonds is 3. The van der Waals surface area contributed by atoms with Crippen LogP contribution in [-0.4, -0.2) is 26.3 Å². The Bertz CT molecular complexity index is 384. The molecule has 0 bridgehead atoms. The van der Waals surface area contributed by atoms with Crippen molar-refractivity contribution >= 4 is 0 Å². The standard InChI is InChI=1S/C14H17NO/c1-14(11-16-12-14)10-15-9-5-8-13-6-3-2-4-7-13/h2-4,6-7,15H,9-12H2,1H3. The Kier molecular flexibility index (Phi) is 3.61. The fourth-order valence-electron chi connectivity index (χ4n) is 1.65. The first-order valence-electron chi connectivity index (χ1n) is 5.61. The molecule has 1 aliphatic heterocycles. The third-order valence-corrected chi connectivity index (χ3v) is 2.67. The van der Waals surface area contributed by atoms with Crippen LogP contribution in [0.4, 0.5) is 0 Å². The number of hydrogen-bond donors (Lipinski definition) is 1. The predicted molar refractivity (Wildman–Crippen MR) is 65.1 cm³/mol. The summed E-state index contributed by atoms with van der Waals surface area (Å²) in [6.07, 6.45) is 0. The molecular formula is C14H17NO. The van der Waals surface area contributed by atoms with Gasteiger partial charge >= 0.3 is 0 Å². The molecule has 0 atom stereocenters. The Morgan fingerprint density at radius 3 is 2.69 bits per heavy atom. The zero-order valence-corrected chi connectivity index (χ0v) is 9.62. The molecule has 1 saturated heterocycles. The fourth-order valence-corrected chi connectivity index (χ4v) is 1.65. The molecule has 0 spiro atoms. The SMILES string of the molecule is CC1(CNCC#Cc2ccccc2)COC1. The largest absolute Gasteiger partial charge is 0.380 e. The highest BCUT2D eigenvalue weighted by Gasteiger charge is 2.32. The lowest BCUT2D eigenvalue weighted by Crippen LogP contribution is -2.47. The highest BCUT2D eigenvalue weighted by Crippen LogP contribution is 2.24. The van der Waals surface area contributed by atoms with Crippen molar-refractivity contribution in [2.45, 2.75) is 6.92 Å². The van der Waals surface area contributed by atoms with Crippen LogP contribution < -0.4 is 5.32 Å². The number of nitrogens with one attached hydrogen (secondary N) is 1. The molecule has 1 aromatic rings. The van der Waals surface area contributed by atoms with E-state index >= 15 is 0 Å². The summed E-state index contributed by atoms with van der Waals surface area (Å²) in [5.74, 6) is 6.24. The number of ether oxygens (including phenoxy) is 1. The molecule has 0 aromatic heterocycles. The van der Waals surface area contributed by atoms with E-state index in [2.05, 4.69) is 24.1 Å². The molecule has 0 saturated carbocycles. The summed E-state index contributed by atoms with van der Waals surface area (Å²) in [5.41, 5.74) is 1.40. The molecule has 16 heavy (non-hydrogen) atoms. The Balaban J connectivity index is 1.70. The van der Waals surface area contributed by atoms with Crippen LogP contribution in [0.1, 0.15) is 12.5 Å². The molecule has 0 aliphatic carbocycles. The van der Waals surface area contributed by atoms with Crippen LogP contribution in [0.5, 0.6) is 0 Å². The minimum atomic E-state index is 0.328. The summed E-state index contributed by atoms with van der Waals surface area (Å²) in [7, 11) is 0. The van der Waals surface area contributed by atoms with Gasteiger partial charge in [0.2, 0.25) is 0 Å². The average molecular weight is 215 g/mol. The maximum atomic E-state index is 5.19. The number of benzene rings is 1. The Morgan fingerprint density at radius 2 is 2.06 bits per heavy atom. The normalized spacial score (nSPS) is 17.1. The van der Waals surface area contributed by atoms with Gasteiger partial charge in [-0.25, -0.2) is 0 Å². The summed E-state index contributed by atoms with van der Waals surface area (Å²) in [6, 6.07) is 10.1. The number of hydrogen-bond acceptors (Lipinski definition) is 2. The van der Waals surface area contributed by atoms with Gasteiger partial charge in [-0.1, -0.05) is 37.0 Å². The molecule has 2 heteroatoms. The average Bonchev–Trinajstić information content (AvgIpc) is 2.28. The first kappa shape index (κ1) is 11.2. The summed E-state index contributed by atoms with van der Waals surface area (Å²) < 4.78 is 5.19. The van der Waals surface area contributed by atoms with E-state index in [9.17, 15) is 0 Å². The molecule has 1 aliphatic rings. The van der Waals surface area contributed by atoms with Gasteiger partial charge in [0.05, 0.1) is 19.8 Å². The van der Waals surface area contributed by atoms with Gasteiger partial charge in [0.15, 0.2) is 0 Å². The van der Waals surface area contributed by atoms with E-state index in [0.29, 0.717) is 5.41 Å². The van der Waals surface area contributed by atoms with Gasteiger partial charge in [-0.2, -0.15) is 0 Å². The summed E-state index contributed by atoms with van der Waals surface area (Å²) >= 11 is 0. The van der Waals surface area contributed by atoms with Crippen molar-refractivity contribution in [1.29, 1.82) is 0 Å². The van der Waals surface area contributed by atoms with E-state index in [0.717, 1.165) is 31.9 Å². The zero-order chi connectivity index (χ0) is 11.3. The smallest absolute Gasteiger partial charge is 0.0580 e. The molecule has 1 fully saturated rings. The molecule has 0 unspecified atom stereocenters. The van der Waals surface area contributed by atoms with Gasteiger partial charge in [-0.3, -0.25) is 0 Å². The Hall–Kier alpha value is -1.30. The van der Waals surface area contributed by atoms with Crippen LogP contribution in [-0.2, 0) is 4.74 Å². The predicted octanol–water partition coefficient (Wildman–Crippen LogP) is 1.66. The lowest BCUT2D eigenvalue weighted by molar-refractivity contribution is -0.0985. The van der Waals surface area contributed by atoms with Crippen LogP contribution in [0.15, 0.2) is 30.3 Å². The topological polar surface area (TPSA) is 21.3 Å². The van der Waals surface area contributed by atoms with Crippen LogP contribution >= 0.6 is 0 Å². The van der Waals surface area contributed by atoms with Crippen molar-refractivity contribution in [2.24, 2.45) is 5.41 Å². The minimum absolute atomic E-state index is 0.328. The van der Waals surface area contributed by atoms with Crippen LogP contribution in [0.3, 0.4) is 0 Å². The first-order valence-corrected chi connectivity index (χ1v) is 5.61. The lowest BCUT2D eigenvalue weighted by atomic mass is 9.89. The van der Waals surface area contributed by atoms with E-state index in [4.69, 9.17) is 4.74 Å². The Labute approximate surface area is 97.0 Å². The van der Waals surface area contributed by atoms with Gasteiger partial charge in [-0.05, 0) is 12.1 Å². The molecule has 2 nitrogen and oxygen atoms in total. The van der Waals surface area contributed by atoms with Gasteiger partial charge < -0.3 is 10.1 Å². The third kappa shape index (κ3) is 3.10. The van der Waals surface area contributed by atoms with Gasteiger partial charge in [0.1, 0.15) is 0 Å². The maximum absolute atomic E-state index is 5.19. The molecule has 1 aromatic carbocycles. The zero-order valence-electron chi connectivity index (χ0n) is 9.62. The lowest BCUT2D eigenvalue weighted by Gasteiger charge is -2.38. The summed E-state index contributed by atoms with van der Waals surface area (Å²) in [6.45, 7) is 5.69. The van der Waals surface area contributed by atoms with E-state index in [1.54, 1.807) is 0 Å². The van der Waals surface area contributed by atoms with Crippen molar-refractivity contribution in [3.63, 3.8) is 0 Å². The van der Waals surface area contributed by atoms with Gasteiger partial charge in [-0.15, -0.1) is 0 Å². The van der Waals surface area contributed by atoms with Crippen LogP contribution in [0, 0.1) is 17.3 Å². The monoisotopic (exact) mass is 215 g/mol. The quantitative estimate of drug-likeness (QED) is 0.611. The van der Waals surface area contributed by atoms with Crippen LogP contribution in [0.2, 0.25) is 0 Å². The second kappa shape index (κ2) is 5.16. The molecule has 0 radical (unpaired) electrons. The second-order valence-corrected chi connectivity index (χ2v) is 4.57. The van der Waals surface area contributed by atoms with E-state index < -0.39 is 0 Å². The highest BCUT2D eigenvalue weighted by molar-refractivity contribution is 5.33. The molecule has 2 rings (SSSR count). The van der Waals surface area contributed by atoms with Crippen molar-refractivity contribution in [3.8, 4) is 11.8 Å². The van der Waals surface area contributed by atoms with E-state index in [1.165, 1.54) is 0 Å². The first-order chi connectivity index (χ1) is 7.79. The maximum Gasteiger partial charge on any atom is 0.0580 e. The Morgan fingerprint density at radius 1 is 1.31 bits per heavy atom. The van der Waals surface area contributed by atoms with Crippen molar-refractivity contribution in [1.82, 2.24) is 5.32 Å². The summed E-state index contributed by atoms with van der Waals surface area (Å²) in [4.78, 5) is 0. The van der Waals surface area contributed by atoms with Crippen molar-refractivity contribution in [3.05, 3.63) is 35.9 Å². The fraction of sp³-hybridized carbons (Fsp3) is 0.429. The van der Waals surface area contributed by atoms with Crippen molar-refractivity contribution in [2.75, 3.05) is 26.3 Å². The van der Waals surface area contributed by atoms with Gasteiger partial charge in [0, 0.05) is 17.5 Å². The molecular weight excluding hydrogens is 198 g/mol. The van der Waals surface area contributed by atoms with Gasteiger partial charge in [0.25, 0.3) is 0 Å². The van der Waals surface area contributed by atoms with Crippen molar-refractivity contribution < 1.29 is 4.74 Å². The van der Waals surface area contributed by atoms with E-state index in [1.807, 2.05) is 30.3 Å².